The zero-order valence-electron chi connectivity index (χ0n) is 6.92. The molecule has 3 heteroatoms. The van der Waals surface area contributed by atoms with E-state index in [2.05, 4.69) is 22.5 Å². The molecule has 0 bridgehead atoms. The van der Waals surface area contributed by atoms with E-state index in [1.807, 2.05) is 6.07 Å². The zero-order chi connectivity index (χ0) is 9.84. The molecule has 0 radical (unpaired) electrons. The van der Waals surface area contributed by atoms with Gasteiger partial charge in [-0.25, -0.2) is 0 Å². The first kappa shape index (κ1) is 9.82. The molecule has 0 unspecified atom stereocenters. The molecule has 2 nitrogen and oxygen atoms in total. The summed E-state index contributed by atoms with van der Waals surface area (Å²) >= 11 is 3.17. The van der Waals surface area contributed by atoms with Gasteiger partial charge in [-0.15, -0.1) is 6.58 Å². The van der Waals surface area contributed by atoms with Gasteiger partial charge in [0.15, 0.2) is 0 Å². The highest BCUT2D eigenvalue weighted by Crippen LogP contribution is 2.29. The van der Waals surface area contributed by atoms with Crippen LogP contribution < -0.4 is 0 Å². The number of benzene rings is 1. The van der Waals surface area contributed by atoms with Gasteiger partial charge < -0.3 is 5.11 Å². The Labute approximate surface area is 85.3 Å². The molecule has 0 aliphatic heterocycles. The number of allylic oxidation sites excluding steroid dienone is 1. The maximum absolute atomic E-state index is 9.40. The van der Waals surface area contributed by atoms with Crippen LogP contribution in [0.4, 0.5) is 0 Å². The third-order valence-corrected chi connectivity index (χ3v) is 2.23. The molecular formula is C10H8BrNO. The lowest BCUT2D eigenvalue weighted by atomic mass is 10.1. The summed E-state index contributed by atoms with van der Waals surface area (Å²) in [6.07, 6.45) is 2.44. The summed E-state index contributed by atoms with van der Waals surface area (Å²) in [5.74, 6) is -0.00434. The fraction of sp³-hybridized carbons (Fsp3) is 0.100. The number of hydrogen-bond donors (Lipinski definition) is 1. The first-order chi connectivity index (χ1) is 6.19. The van der Waals surface area contributed by atoms with Crippen LogP contribution in [0.5, 0.6) is 5.75 Å². The van der Waals surface area contributed by atoms with Gasteiger partial charge in [-0.1, -0.05) is 6.08 Å². The number of nitrogens with zero attached hydrogens (tertiary/aromatic N) is 1. The molecule has 1 rings (SSSR count). The lowest BCUT2D eigenvalue weighted by molar-refractivity contribution is 0.470. The smallest absolute Gasteiger partial charge is 0.147 e. The van der Waals surface area contributed by atoms with Crippen molar-refractivity contribution >= 4 is 15.9 Å². The standard InChI is InChI=1S/C10H8BrNO/c1-2-3-7-4-8(6-12)10(13)9(11)5-7/h2,4-5,13H,1,3H2. The van der Waals surface area contributed by atoms with Crippen LogP contribution >= 0.6 is 15.9 Å². The van der Waals surface area contributed by atoms with Gasteiger partial charge in [0.2, 0.25) is 0 Å². The molecule has 0 saturated carbocycles. The van der Waals surface area contributed by atoms with Crippen molar-refractivity contribution in [1.82, 2.24) is 0 Å². The maximum Gasteiger partial charge on any atom is 0.147 e. The van der Waals surface area contributed by atoms with Crippen molar-refractivity contribution in [1.29, 1.82) is 5.26 Å². The molecule has 66 valence electrons. The molecular weight excluding hydrogens is 230 g/mol. The van der Waals surface area contributed by atoms with Gasteiger partial charge in [-0.3, -0.25) is 0 Å². The largest absolute Gasteiger partial charge is 0.505 e. The van der Waals surface area contributed by atoms with Crippen LogP contribution in [-0.2, 0) is 6.42 Å². The molecule has 0 atom stereocenters. The number of aromatic hydroxyl groups is 1. The van der Waals surface area contributed by atoms with E-state index in [-0.39, 0.29) is 11.3 Å². The van der Waals surface area contributed by atoms with Crippen LogP contribution in [0.15, 0.2) is 29.3 Å². The van der Waals surface area contributed by atoms with E-state index in [0.29, 0.717) is 10.9 Å². The van der Waals surface area contributed by atoms with E-state index < -0.39 is 0 Å². The summed E-state index contributed by atoms with van der Waals surface area (Å²) in [5.41, 5.74) is 1.24. The van der Waals surface area contributed by atoms with Crippen molar-refractivity contribution in [2.45, 2.75) is 6.42 Å². The Morgan fingerprint density at radius 1 is 1.62 bits per heavy atom. The van der Waals surface area contributed by atoms with Gasteiger partial charge >= 0.3 is 0 Å². The van der Waals surface area contributed by atoms with E-state index in [0.717, 1.165) is 5.56 Å². The number of hydrogen-bond acceptors (Lipinski definition) is 2. The van der Waals surface area contributed by atoms with Crippen LogP contribution in [0, 0.1) is 11.3 Å². The summed E-state index contributed by atoms with van der Waals surface area (Å²) in [6, 6.07) is 5.35. The van der Waals surface area contributed by atoms with Crippen LogP contribution in [0.3, 0.4) is 0 Å². The minimum absolute atomic E-state index is 0.00434. The zero-order valence-corrected chi connectivity index (χ0v) is 8.50. The number of halogens is 1. The third kappa shape index (κ3) is 2.10. The molecule has 0 amide bonds. The second-order valence-electron chi connectivity index (χ2n) is 2.58. The maximum atomic E-state index is 9.40. The van der Waals surface area contributed by atoms with Gasteiger partial charge in [0.25, 0.3) is 0 Å². The molecule has 13 heavy (non-hydrogen) atoms. The van der Waals surface area contributed by atoms with Crippen molar-refractivity contribution in [3.8, 4) is 11.8 Å². The topological polar surface area (TPSA) is 44.0 Å². The second kappa shape index (κ2) is 4.11. The monoisotopic (exact) mass is 237 g/mol. The van der Waals surface area contributed by atoms with E-state index in [4.69, 9.17) is 5.26 Å². The summed E-state index contributed by atoms with van der Waals surface area (Å²) in [6.45, 7) is 3.60. The van der Waals surface area contributed by atoms with Crippen LogP contribution in [0.2, 0.25) is 0 Å². The Kier molecular flexibility index (Phi) is 3.10. The Morgan fingerprint density at radius 3 is 2.85 bits per heavy atom. The summed E-state index contributed by atoms with van der Waals surface area (Å²) in [4.78, 5) is 0. The average Bonchev–Trinajstić information content (AvgIpc) is 2.11. The van der Waals surface area contributed by atoms with Gasteiger partial charge in [-0.05, 0) is 40.0 Å². The molecule has 0 spiro atoms. The number of nitriles is 1. The Bertz CT molecular complexity index is 379. The Morgan fingerprint density at radius 2 is 2.31 bits per heavy atom. The SMILES string of the molecule is C=CCc1cc(Br)c(O)c(C#N)c1. The molecule has 1 aromatic rings. The molecule has 0 aliphatic rings. The van der Waals surface area contributed by atoms with Gasteiger partial charge in [0, 0.05) is 0 Å². The highest BCUT2D eigenvalue weighted by atomic mass is 79.9. The second-order valence-corrected chi connectivity index (χ2v) is 3.43. The first-order valence-corrected chi connectivity index (χ1v) is 4.50. The van der Waals surface area contributed by atoms with Crippen molar-refractivity contribution in [2.75, 3.05) is 0 Å². The highest BCUT2D eigenvalue weighted by molar-refractivity contribution is 9.10. The fourth-order valence-corrected chi connectivity index (χ4v) is 1.53. The third-order valence-electron chi connectivity index (χ3n) is 1.62. The molecule has 0 saturated heterocycles. The quantitative estimate of drug-likeness (QED) is 0.805. The van der Waals surface area contributed by atoms with Crippen LogP contribution in [0.1, 0.15) is 11.1 Å². The summed E-state index contributed by atoms with van der Waals surface area (Å²) in [5, 5.41) is 18.1. The number of phenols is 1. The fourth-order valence-electron chi connectivity index (χ4n) is 1.02. The predicted octanol–water partition coefficient (Wildman–Crippen LogP) is 2.75. The van der Waals surface area contributed by atoms with Gasteiger partial charge in [0.1, 0.15) is 11.8 Å². The Hall–Kier alpha value is -1.27. The minimum Gasteiger partial charge on any atom is -0.505 e. The van der Waals surface area contributed by atoms with Crippen LogP contribution in [0.25, 0.3) is 0 Å². The predicted molar refractivity (Wildman–Crippen MR) is 54.4 cm³/mol. The van der Waals surface area contributed by atoms with E-state index >= 15 is 0 Å². The molecule has 0 aromatic heterocycles. The van der Waals surface area contributed by atoms with Crippen LogP contribution in [-0.4, -0.2) is 5.11 Å². The van der Waals surface area contributed by atoms with Crippen molar-refractivity contribution in [3.63, 3.8) is 0 Å². The molecule has 0 fully saturated rings. The highest BCUT2D eigenvalue weighted by Gasteiger charge is 2.06. The first-order valence-electron chi connectivity index (χ1n) is 3.71. The van der Waals surface area contributed by atoms with Crippen molar-refractivity contribution in [3.05, 3.63) is 40.4 Å². The molecule has 0 heterocycles. The summed E-state index contributed by atoms with van der Waals surface area (Å²) < 4.78 is 0.545. The minimum atomic E-state index is -0.00434. The lowest BCUT2D eigenvalue weighted by Crippen LogP contribution is -1.85. The van der Waals surface area contributed by atoms with E-state index in [1.54, 1.807) is 18.2 Å². The number of phenolic OH excluding ortho intramolecular Hbond substituents is 1. The van der Waals surface area contributed by atoms with Crippen molar-refractivity contribution < 1.29 is 5.11 Å². The lowest BCUT2D eigenvalue weighted by Gasteiger charge is -2.02. The molecule has 0 aliphatic carbocycles. The van der Waals surface area contributed by atoms with Gasteiger partial charge in [0.05, 0.1) is 10.0 Å². The van der Waals surface area contributed by atoms with Crippen molar-refractivity contribution in [2.24, 2.45) is 0 Å². The Balaban J connectivity index is 3.23. The average molecular weight is 238 g/mol. The van der Waals surface area contributed by atoms with E-state index in [9.17, 15) is 5.11 Å². The normalized spacial score (nSPS) is 9.23. The summed E-state index contributed by atoms with van der Waals surface area (Å²) in [7, 11) is 0. The van der Waals surface area contributed by atoms with Gasteiger partial charge in [-0.2, -0.15) is 5.26 Å². The number of rotatable bonds is 2. The van der Waals surface area contributed by atoms with E-state index in [1.165, 1.54) is 0 Å². The molecule has 1 N–H and O–H groups in total. The molecule has 1 aromatic carbocycles.